The number of nitrogens with zero attached hydrogens (tertiary/aromatic N) is 3. The normalized spacial score (nSPS) is 11.9. The number of likely N-dealkylation sites (N-methyl/N-ethyl adjacent to an activating group) is 1. The van der Waals surface area contributed by atoms with Gasteiger partial charge in [0.05, 0.1) is 0 Å². The first-order valence-electron chi connectivity index (χ1n) is 6.85. The molecule has 118 valence electrons. The van der Waals surface area contributed by atoms with Crippen LogP contribution in [-0.4, -0.2) is 54.9 Å². The first kappa shape index (κ1) is 17.2. The van der Waals surface area contributed by atoms with E-state index >= 15 is 0 Å². The molecule has 0 bridgehead atoms. The molecule has 0 aliphatic rings. The summed E-state index contributed by atoms with van der Waals surface area (Å²) in [4.78, 5) is 32.2. The Morgan fingerprint density at radius 1 is 1.33 bits per heavy atom. The Morgan fingerprint density at radius 3 is 2.33 bits per heavy atom. The Morgan fingerprint density at radius 2 is 1.90 bits per heavy atom. The van der Waals surface area contributed by atoms with E-state index in [0.29, 0.717) is 23.1 Å². The molecule has 0 saturated carbocycles. The van der Waals surface area contributed by atoms with Crippen molar-refractivity contribution in [3.63, 3.8) is 0 Å². The Bertz CT molecular complexity index is 511. The zero-order valence-electron chi connectivity index (χ0n) is 13.1. The molecule has 3 N–H and O–H groups in total. The van der Waals surface area contributed by atoms with E-state index in [1.807, 2.05) is 27.9 Å². The number of nitrogens with one attached hydrogen (secondary N) is 1. The zero-order chi connectivity index (χ0) is 16.2. The number of thiazole rings is 1. The van der Waals surface area contributed by atoms with Crippen LogP contribution in [0.4, 0.5) is 10.9 Å². The number of amides is 2. The predicted octanol–water partition coefficient (Wildman–Crippen LogP) is 0.778. The second-order valence-electron chi connectivity index (χ2n) is 4.81. The van der Waals surface area contributed by atoms with Crippen LogP contribution >= 0.6 is 11.3 Å². The number of carbonyl (C=O) groups excluding carboxylic acids is 2. The van der Waals surface area contributed by atoms with Crippen LogP contribution in [-0.2, 0) is 4.79 Å². The van der Waals surface area contributed by atoms with Gasteiger partial charge in [-0.05, 0) is 20.8 Å². The fourth-order valence-electron chi connectivity index (χ4n) is 1.81. The van der Waals surface area contributed by atoms with Gasteiger partial charge >= 0.3 is 0 Å². The average molecular weight is 313 g/mol. The molecule has 0 spiro atoms. The van der Waals surface area contributed by atoms with E-state index in [1.54, 1.807) is 16.7 Å². The molecule has 0 fully saturated rings. The molecule has 0 saturated heterocycles. The number of anilines is 2. The van der Waals surface area contributed by atoms with E-state index in [2.05, 4.69) is 10.3 Å². The van der Waals surface area contributed by atoms with Gasteiger partial charge in [0.15, 0.2) is 5.13 Å². The van der Waals surface area contributed by atoms with Crippen molar-refractivity contribution >= 4 is 34.1 Å². The van der Waals surface area contributed by atoms with E-state index in [1.165, 1.54) is 11.3 Å². The number of aromatic nitrogens is 1. The molecular formula is C13H23N5O2S. The maximum atomic E-state index is 12.2. The van der Waals surface area contributed by atoms with Crippen LogP contribution in [0.1, 0.15) is 30.4 Å². The van der Waals surface area contributed by atoms with E-state index in [9.17, 15) is 9.59 Å². The Balaban J connectivity index is 2.79. The molecule has 1 aromatic rings. The fourth-order valence-corrected chi connectivity index (χ4v) is 2.62. The summed E-state index contributed by atoms with van der Waals surface area (Å²) in [5, 5.41) is 3.33. The third-order valence-corrected chi connectivity index (χ3v) is 4.26. The lowest BCUT2D eigenvalue weighted by atomic mass is 10.2. The monoisotopic (exact) mass is 313 g/mol. The van der Waals surface area contributed by atoms with Gasteiger partial charge in [-0.3, -0.25) is 9.59 Å². The van der Waals surface area contributed by atoms with Crippen molar-refractivity contribution in [2.75, 3.05) is 37.8 Å². The molecule has 1 rings (SSSR count). The molecule has 8 heteroatoms. The smallest absolute Gasteiger partial charge is 0.265 e. The first-order valence-corrected chi connectivity index (χ1v) is 7.66. The Labute approximate surface area is 129 Å². The number of carbonyl (C=O) groups is 2. The first-order chi connectivity index (χ1) is 9.81. The van der Waals surface area contributed by atoms with Crippen LogP contribution in [0.25, 0.3) is 0 Å². The highest BCUT2D eigenvalue weighted by Gasteiger charge is 2.23. The van der Waals surface area contributed by atoms with E-state index in [-0.39, 0.29) is 17.6 Å². The lowest BCUT2D eigenvalue weighted by Gasteiger charge is -2.23. The lowest BCUT2D eigenvalue weighted by Crippen LogP contribution is -2.46. The maximum absolute atomic E-state index is 12.2. The SMILES string of the molecule is CCN(CC)C(=O)C(C)NC(=O)c1sc(N(C)C)nc1N. The second-order valence-corrected chi connectivity index (χ2v) is 5.79. The highest BCUT2D eigenvalue weighted by Crippen LogP contribution is 2.26. The maximum Gasteiger partial charge on any atom is 0.265 e. The molecule has 1 heterocycles. The summed E-state index contributed by atoms with van der Waals surface area (Å²) < 4.78 is 0. The van der Waals surface area contributed by atoms with E-state index in [4.69, 9.17) is 5.73 Å². The van der Waals surface area contributed by atoms with Gasteiger partial charge in [-0.1, -0.05) is 11.3 Å². The predicted molar refractivity (Wildman–Crippen MR) is 85.7 cm³/mol. The zero-order valence-corrected chi connectivity index (χ0v) is 14.0. The molecule has 7 nitrogen and oxygen atoms in total. The quantitative estimate of drug-likeness (QED) is 0.810. The standard InChI is InChI=1S/C13H23N5O2S/c1-6-18(7-2)12(20)8(3)15-11(19)9-10(14)16-13(21-9)17(4)5/h8H,6-7,14H2,1-5H3,(H,15,19). The summed E-state index contributed by atoms with van der Waals surface area (Å²) in [6.07, 6.45) is 0. The van der Waals surface area contributed by atoms with Crippen LogP contribution in [0.3, 0.4) is 0 Å². The summed E-state index contributed by atoms with van der Waals surface area (Å²) in [7, 11) is 3.65. The van der Waals surface area contributed by atoms with Crippen molar-refractivity contribution in [2.24, 2.45) is 0 Å². The minimum atomic E-state index is -0.596. The van der Waals surface area contributed by atoms with Crippen molar-refractivity contribution < 1.29 is 9.59 Å². The summed E-state index contributed by atoms with van der Waals surface area (Å²) >= 11 is 1.20. The number of rotatable bonds is 6. The highest BCUT2D eigenvalue weighted by atomic mass is 32.1. The molecule has 2 amide bonds. The summed E-state index contributed by atoms with van der Waals surface area (Å²) in [6, 6.07) is -0.596. The van der Waals surface area contributed by atoms with Crippen molar-refractivity contribution in [1.29, 1.82) is 0 Å². The minimum absolute atomic E-state index is 0.107. The van der Waals surface area contributed by atoms with Gasteiger partial charge in [0.25, 0.3) is 5.91 Å². The van der Waals surface area contributed by atoms with Crippen molar-refractivity contribution in [1.82, 2.24) is 15.2 Å². The molecule has 1 atom stereocenters. The van der Waals surface area contributed by atoms with Crippen LogP contribution in [0, 0.1) is 0 Å². The van der Waals surface area contributed by atoms with E-state index in [0.717, 1.165) is 0 Å². The van der Waals surface area contributed by atoms with E-state index < -0.39 is 6.04 Å². The topological polar surface area (TPSA) is 91.6 Å². The van der Waals surface area contributed by atoms with Crippen LogP contribution in [0.5, 0.6) is 0 Å². The lowest BCUT2D eigenvalue weighted by molar-refractivity contribution is -0.132. The molecule has 0 radical (unpaired) electrons. The number of nitrogens with two attached hydrogens (primary N) is 1. The van der Waals surface area contributed by atoms with Crippen LogP contribution in [0.2, 0.25) is 0 Å². The Kier molecular flexibility index (Phi) is 5.95. The molecule has 1 unspecified atom stereocenters. The number of hydrogen-bond donors (Lipinski definition) is 2. The van der Waals surface area contributed by atoms with Crippen LogP contribution < -0.4 is 16.0 Å². The third-order valence-electron chi connectivity index (χ3n) is 3.02. The molecule has 1 aromatic heterocycles. The fraction of sp³-hybridized carbons (Fsp3) is 0.615. The van der Waals surface area contributed by atoms with Gasteiger partial charge in [-0.25, -0.2) is 4.98 Å². The van der Waals surface area contributed by atoms with Gasteiger partial charge in [0.1, 0.15) is 16.7 Å². The van der Waals surface area contributed by atoms with Gasteiger partial charge in [-0.15, -0.1) is 0 Å². The van der Waals surface area contributed by atoms with Crippen molar-refractivity contribution in [3.8, 4) is 0 Å². The highest BCUT2D eigenvalue weighted by molar-refractivity contribution is 7.18. The summed E-state index contributed by atoms with van der Waals surface area (Å²) in [5.41, 5.74) is 5.76. The number of nitrogen functional groups attached to an aromatic ring is 1. The molecule has 0 aromatic carbocycles. The number of hydrogen-bond acceptors (Lipinski definition) is 6. The van der Waals surface area contributed by atoms with Crippen LogP contribution in [0.15, 0.2) is 0 Å². The van der Waals surface area contributed by atoms with Gasteiger partial charge in [0.2, 0.25) is 5.91 Å². The van der Waals surface area contributed by atoms with Crippen molar-refractivity contribution in [3.05, 3.63) is 4.88 Å². The average Bonchev–Trinajstić information content (AvgIpc) is 2.82. The van der Waals surface area contributed by atoms with Gasteiger partial charge in [0, 0.05) is 27.2 Å². The van der Waals surface area contributed by atoms with Crippen molar-refractivity contribution in [2.45, 2.75) is 26.8 Å². The molecule has 0 aliphatic heterocycles. The summed E-state index contributed by atoms with van der Waals surface area (Å²) in [5.74, 6) is -0.293. The van der Waals surface area contributed by atoms with Gasteiger partial charge < -0.3 is 20.9 Å². The largest absolute Gasteiger partial charge is 0.382 e. The third kappa shape index (κ3) is 4.07. The minimum Gasteiger partial charge on any atom is -0.382 e. The molecule has 21 heavy (non-hydrogen) atoms. The summed E-state index contributed by atoms with van der Waals surface area (Å²) in [6.45, 7) is 6.70. The Hall–Kier alpha value is -1.83. The molecule has 0 aliphatic carbocycles. The second kappa shape index (κ2) is 7.26. The molecular weight excluding hydrogens is 290 g/mol. The van der Waals surface area contributed by atoms with Gasteiger partial charge in [-0.2, -0.15) is 0 Å².